The first kappa shape index (κ1) is 12.4. The number of nitrogens with zero attached hydrogens (tertiary/aromatic N) is 2. The number of hydrogen-bond donors (Lipinski definition) is 1. The standard InChI is InChI=1S/C16H21N3/c1-19(12-13-5-4-9-17-11-13)16-15-7-3-2-6-14(15)8-10-18-16/h2-3,6-8,10,13,17H,4-5,9,11-12H2,1H3. The van der Waals surface area contributed by atoms with Gasteiger partial charge in [-0.2, -0.15) is 0 Å². The molecule has 0 radical (unpaired) electrons. The van der Waals surface area contributed by atoms with E-state index in [-0.39, 0.29) is 0 Å². The number of anilines is 1. The Bertz CT molecular complexity index is 541. The summed E-state index contributed by atoms with van der Waals surface area (Å²) in [6.45, 7) is 3.38. The lowest BCUT2D eigenvalue weighted by molar-refractivity contribution is 0.381. The van der Waals surface area contributed by atoms with Gasteiger partial charge in [-0.05, 0) is 43.3 Å². The van der Waals surface area contributed by atoms with Gasteiger partial charge in [-0.25, -0.2) is 4.98 Å². The quantitative estimate of drug-likeness (QED) is 0.914. The zero-order valence-corrected chi connectivity index (χ0v) is 11.5. The summed E-state index contributed by atoms with van der Waals surface area (Å²) in [5, 5.41) is 5.99. The van der Waals surface area contributed by atoms with Gasteiger partial charge in [0.05, 0.1) is 0 Å². The van der Waals surface area contributed by atoms with Crippen molar-refractivity contribution in [1.29, 1.82) is 0 Å². The Morgan fingerprint density at radius 1 is 1.32 bits per heavy atom. The third kappa shape index (κ3) is 2.71. The third-order valence-corrected chi connectivity index (χ3v) is 3.95. The Hall–Kier alpha value is -1.61. The summed E-state index contributed by atoms with van der Waals surface area (Å²) in [5.41, 5.74) is 0. The van der Waals surface area contributed by atoms with Crippen LogP contribution in [-0.2, 0) is 0 Å². The lowest BCUT2D eigenvalue weighted by Crippen LogP contribution is -2.37. The van der Waals surface area contributed by atoms with Gasteiger partial charge in [-0.1, -0.05) is 24.3 Å². The molecule has 0 spiro atoms. The van der Waals surface area contributed by atoms with Crippen molar-refractivity contribution in [2.75, 3.05) is 31.6 Å². The van der Waals surface area contributed by atoms with Gasteiger partial charge >= 0.3 is 0 Å². The van der Waals surface area contributed by atoms with E-state index in [0.717, 1.165) is 24.8 Å². The van der Waals surface area contributed by atoms with Gasteiger partial charge in [-0.15, -0.1) is 0 Å². The molecule has 3 heteroatoms. The molecule has 2 aromatic rings. The number of fused-ring (bicyclic) bond motifs is 1. The summed E-state index contributed by atoms with van der Waals surface area (Å²) < 4.78 is 0. The smallest absolute Gasteiger partial charge is 0.136 e. The van der Waals surface area contributed by atoms with Gasteiger partial charge in [0.1, 0.15) is 5.82 Å². The van der Waals surface area contributed by atoms with Crippen molar-refractivity contribution in [2.45, 2.75) is 12.8 Å². The summed E-state index contributed by atoms with van der Waals surface area (Å²) in [5.74, 6) is 1.84. The number of rotatable bonds is 3. The molecular formula is C16H21N3. The fourth-order valence-electron chi connectivity index (χ4n) is 2.96. The average molecular weight is 255 g/mol. The van der Waals surface area contributed by atoms with E-state index in [1.54, 1.807) is 0 Å². The number of pyridine rings is 1. The number of piperidine rings is 1. The first-order chi connectivity index (χ1) is 9.34. The molecule has 19 heavy (non-hydrogen) atoms. The zero-order valence-electron chi connectivity index (χ0n) is 11.5. The van der Waals surface area contributed by atoms with E-state index in [1.807, 2.05) is 6.20 Å². The van der Waals surface area contributed by atoms with Crippen molar-refractivity contribution in [2.24, 2.45) is 5.92 Å². The minimum absolute atomic E-state index is 0.736. The highest BCUT2D eigenvalue weighted by atomic mass is 15.2. The summed E-state index contributed by atoms with van der Waals surface area (Å²) in [6.07, 6.45) is 4.52. The van der Waals surface area contributed by atoms with E-state index in [4.69, 9.17) is 0 Å². The van der Waals surface area contributed by atoms with Crippen LogP contribution >= 0.6 is 0 Å². The van der Waals surface area contributed by atoms with Crippen LogP contribution in [0.2, 0.25) is 0 Å². The predicted octanol–water partition coefficient (Wildman–Crippen LogP) is 2.67. The summed E-state index contributed by atoms with van der Waals surface area (Å²) in [6, 6.07) is 10.6. The normalized spacial score (nSPS) is 19.5. The third-order valence-electron chi connectivity index (χ3n) is 3.95. The van der Waals surface area contributed by atoms with Crippen LogP contribution in [0, 0.1) is 5.92 Å². The fraction of sp³-hybridized carbons (Fsp3) is 0.438. The molecular weight excluding hydrogens is 234 g/mol. The Kier molecular flexibility index (Phi) is 3.65. The highest BCUT2D eigenvalue weighted by Gasteiger charge is 2.16. The van der Waals surface area contributed by atoms with E-state index in [1.165, 1.54) is 30.2 Å². The summed E-state index contributed by atoms with van der Waals surface area (Å²) in [4.78, 5) is 6.88. The van der Waals surface area contributed by atoms with Gasteiger partial charge < -0.3 is 10.2 Å². The number of hydrogen-bond acceptors (Lipinski definition) is 3. The number of aromatic nitrogens is 1. The second-order valence-electron chi connectivity index (χ2n) is 5.45. The molecule has 3 nitrogen and oxygen atoms in total. The van der Waals surface area contributed by atoms with E-state index in [9.17, 15) is 0 Å². The van der Waals surface area contributed by atoms with Crippen LogP contribution in [-0.4, -0.2) is 31.7 Å². The molecule has 100 valence electrons. The maximum absolute atomic E-state index is 4.58. The summed E-state index contributed by atoms with van der Waals surface area (Å²) >= 11 is 0. The topological polar surface area (TPSA) is 28.2 Å². The molecule has 1 aliphatic rings. The number of benzene rings is 1. The van der Waals surface area contributed by atoms with Gasteiger partial charge in [0.15, 0.2) is 0 Å². The minimum Gasteiger partial charge on any atom is -0.359 e. The highest BCUT2D eigenvalue weighted by molar-refractivity contribution is 5.91. The molecule has 1 saturated heterocycles. The fourth-order valence-corrected chi connectivity index (χ4v) is 2.96. The van der Waals surface area contributed by atoms with Gasteiger partial charge in [0.2, 0.25) is 0 Å². The maximum Gasteiger partial charge on any atom is 0.136 e. The van der Waals surface area contributed by atoms with Gasteiger partial charge in [0.25, 0.3) is 0 Å². The van der Waals surface area contributed by atoms with Crippen molar-refractivity contribution >= 4 is 16.6 Å². The molecule has 0 saturated carbocycles. The van der Waals surface area contributed by atoms with E-state index < -0.39 is 0 Å². The summed E-state index contributed by atoms with van der Waals surface area (Å²) in [7, 11) is 2.16. The molecule has 1 aliphatic heterocycles. The molecule has 1 aromatic carbocycles. The van der Waals surface area contributed by atoms with Gasteiger partial charge in [0, 0.05) is 25.2 Å². The van der Waals surface area contributed by atoms with Crippen molar-refractivity contribution < 1.29 is 0 Å². The van der Waals surface area contributed by atoms with Crippen molar-refractivity contribution in [3.63, 3.8) is 0 Å². The monoisotopic (exact) mass is 255 g/mol. The molecule has 2 heterocycles. The van der Waals surface area contributed by atoms with Crippen LogP contribution in [0.4, 0.5) is 5.82 Å². The van der Waals surface area contributed by atoms with E-state index >= 15 is 0 Å². The first-order valence-electron chi connectivity index (χ1n) is 7.10. The Balaban J connectivity index is 1.82. The molecule has 1 atom stereocenters. The second-order valence-corrected chi connectivity index (χ2v) is 5.45. The van der Waals surface area contributed by atoms with Crippen molar-refractivity contribution in [3.8, 4) is 0 Å². The van der Waals surface area contributed by atoms with Gasteiger partial charge in [-0.3, -0.25) is 0 Å². The Labute approximate surface area is 114 Å². The Morgan fingerprint density at radius 2 is 2.21 bits per heavy atom. The second kappa shape index (κ2) is 5.57. The van der Waals surface area contributed by atoms with E-state index in [2.05, 4.69) is 52.6 Å². The molecule has 3 rings (SSSR count). The minimum atomic E-state index is 0.736. The van der Waals surface area contributed by atoms with Crippen LogP contribution in [0.25, 0.3) is 10.8 Å². The molecule has 1 aromatic heterocycles. The maximum atomic E-state index is 4.58. The lowest BCUT2D eigenvalue weighted by atomic mass is 9.99. The van der Waals surface area contributed by atoms with Crippen LogP contribution in [0.15, 0.2) is 36.5 Å². The Morgan fingerprint density at radius 3 is 3.05 bits per heavy atom. The molecule has 0 bridgehead atoms. The van der Waals surface area contributed by atoms with E-state index in [0.29, 0.717) is 0 Å². The van der Waals surface area contributed by atoms with Crippen LogP contribution in [0.3, 0.4) is 0 Å². The number of nitrogens with one attached hydrogen (secondary N) is 1. The van der Waals surface area contributed by atoms with Crippen LogP contribution < -0.4 is 10.2 Å². The molecule has 1 fully saturated rings. The zero-order chi connectivity index (χ0) is 13.1. The van der Waals surface area contributed by atoms with Crippen molar-refractivity contribution in [3.05, 3.63) is 36.5 Å². The first-order valence-corrected chi connectivity index (χ1v) is 7.10. The molecule has 0 aliphatic carbocycles. The van der Waals surface area contributed by atoms with Crippen molar-refractivity contribution in [1.82, 2.24) is 10.3 Å². The SMILES string of the molecule is CN(CC1CCCNC1)c1nccc2ccccc12. The molecule has 1 unspecified atom stereocenters. The molecule has 1 N–H and O–H groups in total. The van der Waals surface area contributed by atoms with Crippen LogP contribution in [0.1, 0.15) is 12.8 Å². The lowest BCUT2D eigenvalue weighted by Gasteiger charge is -2.28. The molecule has 0 amide bonds. The highest BCUT2D eigenvalue weighted by Crippen LogP contribution is 2.24. The average Bonchev–Trinajstić information content (AvgIpc) is 2.47. The largest absolute Gasteiger partial charge is 0.359 e. The van der Waals surface area contributed by atoms with Crippen LogP contribution in [0.5, 0.6) is 0 Å². The predicted molar refractivity (Wildman–Crippen MR) is 80.6 cm³/mol.